The van der Waals surface area contributed by atoms with Gasteiger partial charge in [0.1, 0.15) is 10.6 Å². The zero-order valence-electron chi connectivity index (χ0n) is 12.0. The molecule has 21 heavy (non-hydrogen) atoms. The Bertz CT molecular complexity index is 887. The van der Waals surface area contributed by atoms with E-state index in [9.17, 15) is 4.79 Å². The van der Waals surface area contributed by atoms with Crippen LogP contribution < -0.4 is 5.56 Å². The molecule has 3 aromatic rings. The van der Waals surface area contributed by atoms with Gasteiger partial charge in [-0.15, -0.1) is 11.3 Å². The first-order valence-electron chi connectivity index (χ1n) is 7.23. The first-order valence-corrected chi connectivity index (χ1v) is 8.05. The molecule has 0 bridgehead atoms. The molecule has 0 saturated carbocycles. The van der Waals surface area contributed by atoms with Crippen LogP contribution in [0.25, 0.3) is 21.8 Å². The lowest BCUT2D eigenvalue weighted by atomic mass is 9.89. The summed E-state index contributed by atoms with van der Waals surface area (Å²) in [4.78, 5) is 22.1. The lowest BCUT2D eigenvalue weighted by Crippen LogP contribution is -2.13. The minimum absolute atomic E-state index is 0.0453. The van der Waals surface area contributed by atoms with Crippen LogP contribution in [0, 0.1) is 12.8 Å². The molecule has 0 aliphatic heterocycles. The summed E-state index contributed by atoms with van der Waals surface area (Å²) in [6.45, 7) is 4.15. The van der Waals surface area contributed by atoms with E-state index in [1.807, 2.05) is 19.1 Å². The summed E-state index contributed by atoms with van der Waals surface area (Å²) in [5.41, 5.74) is 1.17. The van der Waals surface area contributed by atoms with Gasteiger partial charge in [-0.05, 0) is 49.8 Å². The summed E-state index contributed by atoms with van der Waals surface area (Å²) in [6.07, 6.45) is 3.20. The van der Waals surface area contributed by atoms with E-state index in [1.165, 1.54) is 10.4 Å². The van der Waals surface area contributed by atoms with Crippen molar-refractivity contribution >= 4 is 21.6 Å². The van der Waals surface area contributed by atoms with E-state index < -0.39 is 0 Å². The smallest absolute Gasteiger partial charge is 0.260 e. The Balaban J connectivity index is 1.93. The van der Waals surface area contributed by atoms with E-state index in [0.29, 0.717) is 17.5 Å². The molecule has 0 aromatic carbocycles. The zero-order chi connectivity index (χ0) is 14.6. The quantitative estimate of drug-likeness (QED) is 0.746. The second-order valence-corrected chi connectivity index (χ2v) is 6.94. The molecule has 5 heteroatoms. The Morgan fingerprint density at radius 1 is 1.43 bits per heavy atom. The molecule has 0 amide bonds. The van der Waals surface area contributed by atoms with Crippen molar-refractivity contribution < 1.29 is 4.42 Å². The second kappa shape index (κ2) is 4.56. The summed E-state index contributed by atoms with van der Waals surface area (Å²) in [6, 6.07) is 3.72. The predicted octanol–water partition coefficient (Wildman–Crippen LogP) is 3.68. The van der Waals surface area contributed by atoms with E-state index in [0.717, 1.165) is 35.2 Å². The molecule has 3 aromatic heterocycles. The first kappa shape index (κ1) is 12.8. The maximum absolute atomic E-state index is 12.5. The highest BCUT2D eigenvalue weighted by Gasteiger charge is 2.23. The number of nitrogens with one attached hydrogen (secondary N) is 1. The number of thiophene rings is 1. The SMILES string of the molecule is Cc1ccc(-c2nc3sc4c(c3c(=O)[nH]2)CCC(C)C4)o1. The van der Waals surface area contributed by atoms with Crippen molar-refractivity contribution in [3.8, 4) is 11.6 Å². The molecule has 4 nitrogen and oxygen atoms in total. The summed E-state index contributed by atoms with van der Waals surface area (Å²) in [5, 5.41) is 0.786. The van der Waals surface area contributed by atoms with Gasteiger partial charge in [0.2, 0.25) is 0 Å². The molecule has 1 unspecified atom stereocenters. The number of hydrogen-bond donors (Lipinski definition) is 1. The molecule has 108 valence electrons. The predicted molar refractivity (Wildman–Crippen MR) is 83.9 cm³/mol. The average molecular weight is 300 g/mol. The van der Waals surface area contributed by atoms with Crippen molar-refractivity contribution in [2.75, 3.05) is 0 Å². The third kappa shape index (κ3) is 2.03. The van der Waals surface area contributed by atoms with Gasteiger partial charge < -0.3 is 9.40 Å². The van der Waals surface area contributed by atoms with E-state index in [-0.39, 0.29) is 5.56 Å². The average Bonchev–Trinajstić information content (AvgIpc) is 3.01. The molecule has 1 aliphatic carbocycles. The number of rotatable bonds is 1. The Morgan fingerprint density at radius 2 is 2.29 bits per heavy atom. The third-order valence-electron chi connectivity index (χ3n) is 4.14. The molecule has 0 saturated heterocycles. The van der Waals surface area contributed by atoms with Crippen LogP contribution in [0.3, 0.4) is 0 Å². The summed E-state index contributed by atoms with van der Waals surface area (Å²) in [5.74, 6) is 2.64. The molecular weight excluding hydrogens is 284 g/mol. The molecule has 1 aliphatic rings. The summed E-state index contributed by atoms with van der Waals surface area (Å²) >= 11 is 1.66. The van der Waals surface area contributed by atoms with Crippen molar-refractivity contribution in [3.05, 3.63) is 38.7 Å². The van der Waals surface area contributed by atoms with Gasteiger partial charge in [-0.25, -0.2) is 4.98 Å². The van der Waals surface area contributed by atoms with Crippen LogP contribution in [0.15, 0.2) is 21.3 Å². The first-order chi connectivity index (χ1) is 10.1. The number of fused-ring (bicyclic) bond motifs is 3. The van der Waals surface area contributed by atoms with E-state index in [2.05, 4.69) is 16.9 Å². The number of hydrogen-bond acceptors (Lipinski definition) is 4. The Hall–Kier alpha value is -1.88. The maximum Gasteiger partial charge on any atom is 0.260 e. The van der Waals surface area contributed by atoms with Crippen LogP contribution in [0.4, 0.5) is 0 Å². The number of H-pyrrole nitrogens is 1. The van der Waals surface area contributed by atoms with Gasteiger partial charge in [0.05, 0.1) is 5.39 Å². The molecular formula is C16H16N2O2S. The van der Waals surface area contributed by atoms with Gasteiger partial charge >= 0.3 is 0 Å². The van der Waals surface area contributed by atoms with E-state index in [1.54, 1.807) is 11.3 Å². The number of nitrogens with zero attached hydrogens (tertiary/aromatic N) is 1. The van der Waals surface area contributed by atoms with Gasteiger partial charge in [-0.3, -0.25) is 4.79 Å². The Kier molecular flexibility index (Phi) is 2.79. The van der Waals surface area contributed by atoms with Crippen LogP contribution in [0.5, 0.6) is 0 Å². The zero-order valence-corrected chi connectivity index (χ0v) is 12.8. The Morgan fingerprint density at radius 3 is 3.05 bits per heavy atom. The van der Waals surface area contributed by atoms with Crippen LogP contribution in [-0.2, 0) is 12.8 Å². The fourth-order valence-corrected chi connectivity index (χ4v) is 4.41. The topological polar surface area (TPSA) is 58.9 Å². The molecule has 0 fully saturated rings. The molecule has 3 heterocycles. The molecule has 4 rings (SSSR count). The highest BCUT2D eigenvalue weighted by Crippen LogP contribution is 2.36. The van der Waals surface area contributed by atoms with Crippen molar-refractivity contribution in [1.29, 1.82) is 0 Å². The van der Waals surface area contributed by atoms with Crippen molar-refractivity contribution in [2.45, 2.75) is 33.1 Å². The van der Waals surface area contributed by atoms with E-state index in [4.69, 9.17) is 4.42 Å². The minimum atomic E-state index is -0.0453. The normalized spacial score (nSPS) is 18.1. The number of aromatic nitrogens is 2. The van der Waals surface area contributed by atoms with Crippen LogP contribution >= 0.6 is 11.3 Å². The number of aromatic amines is 1. The summed E-state index contributed by atoms with van der Waals surface area (Å²) in [7, 11) is 0. The molecule has 0 spiro atoms. The lowest BCUT2D eigenvalue weighted by molar-refractivity contribution is 0.509. The molecule has 0 radical (unpaired) electrons. The summed E-state index contributed by atoms with van der Waals surface area (Å²) < 4.78 is 5.56. The van der Waals surface area contributed by atoms with Gasteiger partial charge in [0.25, 0.3) is 5.56 Å². The van der Waals surface area contributed by atoms with E-state index >= 15 is 0 Å². The fraction of sp³-hybridized carbons (Fsp3) is 0.375. The fourth-order valence-electron chi connectivity index (χ4n) is 3.03. The van der Waals surface area contributed by atoms with Gasteiger partial charge in [-0.2, -0.15) is 0 Å². The highest BCUT2D eigenvalue weighted by molar-refractivity contribution is 7.18. The third-order valence-corrected chi connectivity index (χ3v) is 5.29. The minimum Gasteiger partial charge on any atom is -0.458 e. The number of furan rings is 1. The lowest BCUT2D eigenvalue weighted by Gasteiger charge is -2.17. The monoisotopic (exact) mass is 300 g/mol. The Labute approximate surface area is 125 Å². The highest BCUT2D eigenvalue weighted by atomic mass is 32.1. The largest absolute Gasteiger partial charge is 0.458 e. The number of aryl methyl sites for hydroxylation is 2. The van der Waals surface area contributed by atoms with Gasteiger partial charge in [0.15, 0.2) is 11.6 Å². The molecule has 1 N–H and O–H groups in total. The van der Waals surface area contributed by atoms with Crippen molar-refractivity contribution in [2.24, 2.45) is 5.92 Å². The van der Waals surface area contributed by atoms with Crippen molar-refractivity contribution in [3.63, 3.8) is 0 Å². The second-order valence-electron chi connectivity index (χ2n) is 5.86. The maximum atomic E-state index is 12.5. The van der Waals surface area contributed by atoms with Gasteiger partial charge in [-0.1, -0.05) is 6.92 Å². The standard InChI is InChI=1S/C16H16N2O2S/c1-8-3-5-10-12(7-8)21-16-13(10)15(19)17-14(18-16)11-6-4-9(2)20-11/h4,6,8H,3,5,7H2,1-2H3,(H,17,18,19). The van der Waals surface area contributed by atoms with Crippen LogP contribution in [-0.4, -0.2) is 9.97 Å². The van der Waals surface area contributed by atoms with Crippen LogP contribution in [0.2, 0.25) is 0 Å². The van der Waals surface area contributed by atoms with Gasteiger partial charge in [0, 0.05) is 4.88 Å². The van der Waals surface area contributed by atoms with Crippen molar-refractivity contribution in [1.82, 2.24) is 9.97 Å². The van der Waals surface area contributed by atoms with Crippen LogP contribution in [0.1, 0.15) is 29.5 Å². The molecule has 1 atom stereocenters.